The maximum absolute atomic E-state index is 13.0. The van der Waals surface area contributed by atoms with Crippen molar-refractivity contribution in [3.05, 3.63) is 84.1 Å². The van der Waals surface area contributed by atoms with Crippen LogP contribution in [0.4, 0.5) is 16.0 Å². The van der Waals surface area contributed by atoms with Crippen LogP contribution in [0.25, 0.3) is 5.65 Å². The van der Waals surface area contributed by atoms with E-state index in [-0.39, 0.29) is 5.82 Å². The summed E-state index contributed by atoms with van der Waals surface area (Å²) in [5.74, 6) is 0.665. The molecular formula is C19H16FN5O. The molecule has 6 nitrogen and oxygen atoms in total. The van der Waals surface area contributed by atoms with Gasteiger partial charge in [0.25, 0.3) is 0 Å². The maximum atomic E-state index is 13.0. The zero-order valence-electron chi connectivity index (χ0n) is 13.7. The van der Waals surface area contributed by atoms with Crippen molar-refractivity contribution in [2.45, 2.75) is 12.5 Å². The van der Waals surface area contributed by atoms with Crippen molar-refractivity contribution in [1.29, 1.82) is 0 Å². The third-order valence-electron chi connectivity index (χ3n) is 3.98. The molecule has 0 radical (unpaired) electrons. The minimum absolute atomic E-state index is 0.306. The molecule has 0 aliphatic carbocycles. The average Bonchev–Trinajstić information content (AvgIpc) is 3.08. The van der Waals surface area contributed by atoms with E-state index in [9.17, 15) is 9.50 Å². The van der Waals surface area contributed by atoms with E-state index in [1.165, 1.54) is 12.1 Å². The highest BCUT2D eigenvalue weighted by molar-refractivity contribution is 5.55. The molecule has 2 aromatic heterocycles. The van der Waals surface area contributed by atoms with Gasteiger partial charge in [-0.25, -0.2) is 9.37 Å². The van der Waals surface area contributed by atoms with Gasteiger partial charge in [-0.15, -0.1) is 5.10 Å². The molecule has 7 heteroatoms. The first kappa shape index (κ1) is 16.2. The predicted molar refractivity (Wildman–Crippen MR) is 95.6 cm³/mol. The summed E-state index contributed by atoms with van der Waals surface area (Å²) < 4.78 is 14.6. The van der Waals surface area contributed by atoms with Crippen LogP contribution in [0.15, 0.2) is 66.9 Å². The Bertz CT molecular complexity index is 1020. The summed E-state index contributed by atoms with van der Waals surface area (Å²) in [7, 11) is 0. The van der Waals surface area contributed by atoms with Crippen LogP contribution in [-0.2, 0) is 6.42 Å². The first-order chi connectivity index (χ1) is 12.7. The second-order valence-corrected chi connectivity index (χ2v) is 5.83. The molecule has 2 heterocycles. The lowest BCUT2D eigenvalue weighted by atomic mass is 10.1. The van der Waals surface area contributed by atoms with Crippen LogP contribution in [-0.4, -0.2) is 24.7 Å². The number of rotatable bonds is 5. The van der Waals surface area contributed by atoms with Crippen molar-refractivity contribution in [3.8, 4) is 0 Å². The van der Waals surface area contributed by atoms with Gasteiger partial charge in [0, 0.05) is 24.4 Å². The van der Waals surface area contributed by atoms with Crippen LogP contribution in [0.5, 0.6) is 0 Å². The zero-order chi connectivity index (χ0) is 17.9. The van der Waals surface area contributed by atoms with Gasteiger partial charge in [0.05, 0.1) is 6.10 Å². The second kappa shape index (κ2) is 6.89. The molecule has 2 aromatic carbocycles. The molecule has 0 aliphatic rings. The van der Waals surface area contributed by atoms with Gasteiger partial charge in [-0.1, -0.05) is 30.3 Å². The van der Waals surface area contributed by atoms with Crippen molar-refractivity contribution in [1.82, 2.24) is 19.6 Å². The van der Waals surface area contributed by atoms with Gasteiger partial charge in [0.1, 0.15) is 11.6 Å². The lowest BCUT2D eigenvalue weighted by Crippen LogP contribution is -2.09. The van der Waals surface area contributed by atoms with E-state index in [4.69, 9.17) is 0 Å². The summed E-state index contributed by atoms with van der Waals surface area (Å²) in [6, 6.07) is 17.1. The number of benzene rings is 2. The molecule has 4 aromatic rings. The van der Waals surface area contributed by atoms with E-state index in [1.807, 2.05) is 30.3 Å². The quantitative estimate of drug-likeness (QED) is 0.578. The van der Waals surface area contributed by atoms with Crippen LogP contribution >= 0.6 is 0 Å². The lowest BCUT2D eigenvalue weighted by Gasteiger charge is -2.10. The second-order valence-electron chi connectivity index (χ2n) is 5.83. The molecular weight excluding hydrogens is 333 g/mol. The summed E-state index contributed by atoms with van der Waals surface area (Å²) in [5.41, 5.74) is 2.11. The molecule has 4 rings (SSSR count). The Morgan fingerprint density at radius 2 is 1.81 bits per heavy atom. The SMILES string of the molecule is OC(Cc1nccc2nc(Nc3ccc(F)cc3)nn12)c1ccccc1. The van der Waals surface area contributed by atoms with Gasteiger partial charge in [-0.2, -0.15) is 9.50 Å². The topological polar surface area (TPSA) is 75.3 Å². The third kappa shape index (κ3) is 3.38. The molecule has 0 saturated heterocycles. The fourth-order valence-electron chi connectivity index (χ4n) is 2.69. The Morgan fingerprint density at radius 3 is 2.58 bits per heavy atom. The van der Waals surface area contributed by atoms with Crippen molar-refractivity contribution < 1.29 is 9.50 Å². The molecule has 1 unspecified atom stereocenters. The maximum Gasteiger partial charge on any atom is 0.247 e. The standard InChI is InChI=1S/C19H16FN5O/c20-14-6-8-15(9-7-14)22-19-23-17-10-11-21-18(25(17)24-19)12-16(26)13-4-2-1-3-5-13/h1-11,16,26H,12H2,(H,22,24). The Balaban J connectivity index is 1.60. The van der Waals surface area contributed by atoms with E-state index >= 15 is 0 Å². The fraction of sp³-hybridized carbons (Fsp3) is 0.105. The van der Waals surface area contributed by atoms with Crippen LogP contribution in [0.3, 0.4) is 0 Å². The van der Waals surface area contributed by atoms with Crippen LogP contribution < -0.4 is 5.32 Å². The number of aliphatic hydroxyl groups is 1. The van der Waals surface area contributed by atoms with Crippen molar-refractivity contribution in [2.24, 2.45) is 0 Å². The number of nitrogens with zero attached hydrogens (tertiary/aromatic N) is 4. The molecule has 2 N–H and O–H groups in total. The number of halogens is 1. The van der Waals surface area contributed by atoms with Gasteiger partial charge in [0.2, 0.25) is 5.95 Å². The normalized spacial score (nSPS) is 12.2. The van der Waals surface area contributed by atoms with Crippen LogP contribution in [0.2, 0.25) is 0 Å². The zero-order valence-corrected chi connectivity index (χ0v) is 13.7. The summed E-state index contributed by atoms with van der Waals surface area (Å²) >= 11 is 0. The Kier molecular flexibility index (Phi) is 4.28. The fourth-order valence-corrected chi connectivity index (χ4v) is 2.69. The van der Waals surface area contributed by atoms with Gasteiger partial charge in [-0.3, -0.25) is 0 Å². The van der Waals surface area contributed by atoms with Crippen LogP contribution in [0.1, 0.15) is 17.5 Å². The van der Waals surface area contributed by atoms with E-state index in [0.717, 1.165) is 5.56 Å². The van der Waals surface area contributed by atoms with Gasteiger partial charge >= 0.3 is 0 Å². The molecule has 0 saturated carbocycles. The summed E-state index contributed by atoms with van der Waals surface area (Å²) in [6.07, 6.45) is 1.26. The highest BCUT2D eigenvalue weighted by Gasteiger charge is 2.14. The van der Waals surface area contributed by atoms with E-state index < -0.39 is 6.10 Å². The Labute approximate surface area is 149 Å². The molecule has 0 bridgehead atoms. The minimum atomic E-state index is -0.688. The molecule has 1 atom stereocenters. The summed E-state index contributed by atoms with van der Waals surface area (Å²) in [5, 5.41) is 17.9. The van der Waals surface area contributed by atoms with E-state index in [1.54, 1.807) is 28.9 Å². The first-order valence-corrected chi connectivity index (χ1v) is 8.15. The molecule has 0 fully saturated rings. The van der Waals surface area contributed by atoms with Crippen molar-refractivity contribution in [2.75, 3.05) is 5.32 Å². The molecule has 26 heavy (non-hydrogen) atoms. The highest BCUT2D eigenvalue weighted by Crippen LogP contribution is 2.19. The van der Waals surface area contributed by atoms with Gasteiger partial charge in [0.15, 0.2) is 5.65 Å². The number of hydrogen-bond donors (Lipinski definition) is 2. The van der Waals surface area contributed by atoms with Crippen molar-refractivity contribution in [3.63, 3.8) is 0 Å². The number of aromatic nitrogens is 4. The minimum Gasteiger partial charge on any atom is -0.388 e. The highest BCUT2D eigenvalue weighted by atomic mass is 19.1. The van der Waals surface area contributed by atoms with Crippen molar-refractivity contribution >= 4 is 17.3 Å². The number of aliphatic hydroxyl groups excluding tert-OH is 1. The first-order valence-electron chi connectivity index (χ1n) is 8.15. The number of anilines is 2. The molecule has 0 spiro atoms. The van der Waals surface area contributed by atoms with Gasteiger partial charge in [-0.05, 0) is 29.8 Å². The number of nitrogens with one attached hydrogen (secondary N) is 1. The smallest absolute Gasteiger partial charge is 0.247 e. The number of fused-ring (bicyclic) bond motifs is 1. The van der Waals surface area contributed by atoms with E-state index in [2.05, 4.69) is 20.4 Å². The summed E-state index contributed by atoms with van der Waals surface area (Å²) in [4.78, 5) is 8.72. The van der Waals surface area contributed by atoms with Gasteiger partial charge < -0.3 is 10.4 Å². The molecule has 0 amide bonds. The van der Waals surface area contributed by atoms with E-state index in [0.29, 0.717) is 29.5 Å². The lowest BCUT2D eigenvalue weighted by molar-refractivity contribution is 0.175. The Hall–Kier alpha value is -3.32. The number of hydrogen-bond acceptors (Lipinski definition) is 5. The largest absolute Gasteiger partial charge is 0.388 e. The summed E-state index contributed by atoms with van der Waals surface area (Å²) in [6.45, 7) is 0. The predicted octanol–water partition coefficient (Wildman–Crippen LogP) is 3.28. The monoisotopic (exact) mass is 349 g/mol. The molecule has 0 aliphatic heterocycles. The van der Waals surface area contributed by atoms with Crippen LogP contribution in [0, 0.1) is 5.82 Å². The Morgan fingerprint density at radius 1 is 1.04 bits per heavy atom. The molecule has 130 valence electrons. The third-order valence-corrected chi connectivity index (χ3v) is 3.98. The average molecular weight is 349 g/mol.